The number of pyridine rings is 1. The average Bonchev–Trinajstić information content (AvgIpc) is 2.69. The van der Waals surface area contributed by atoms with Gasteiger partial charge in [-0.3, -0.25) is 4.98 Å². The van der Waals surface area contributed by atoms with E-state index in [4.69, 9.17) is 11.6 Å². The molecule has 0 aliphatic heterocycles. The average molecular weight is 268 g/mol. The Labute approximate surface area is 110 Å². The highest BCUT2D eigenvalue weighted by Crippen LogP contribution is 2.26. The van der Waals surface area contributed by atoms with Gasteiger partial charge in [-0.2, -0.15) is 0 Å². The highest BCUT2D eigenvalue weighted by atomic mass is 35.5. The zero-order chi connectivity index (χ0) is 12.3. The molecule has 90 valence electrons. The topological polar surface area (TPSA) is 37.8 Å². The standard InChI is InChI=1S/C12H14ClN3S/c1-3-14-7-11-8(2)16-12(17-11)10-5-4-9(13)6-15-10/h4-6,14H,3,7H2,1-2H3. The van der Waals surface area contributed by atoms with Crippen molar-refractivity contribution in [2.75, 3.05) is 6.54 Å². The third kappa shape index (κ3) is 3.03. The molecule has 0 saturated heterocycles. The van der Waals surface area contributed by atoms with Crippen molar-refractivity contribution in [2.45, 2.75) is 20.4 Å². The molecule has 0 unspecified atom stereocenters. The molecule has 0 aromatic carbocycles. The molecule has 2 aromatic rings. The molecule has 2 aromatic heterocycles. The van der Waals surface area contributed by atoms with E-state index < -0.39 is 0 Å². The van der Waals surface area contributed by atoms with Gasteiger partial charge in [0.2, 0.25) is 0 Å². The number of hydrogen-bond donors (Lipinski definition) is 1. The van der Waals surface area contributed by atoms with E-state index in [1.807, 2.05) is 19.1 Å². The van der Waals surface area contributed by atoms with Crippen LogP contribution in [-0.2, 0) is 6.54 Å². The molecule has 2 heterocycles. The van der Waals surface area contributed by atoms with Crippen LogP contribution in [0.15, 0.2) is 18.3 Å². The van der Waals surface area contributed by atoms with E-state index >= 15 is 0 Å². The molecule has 0 spiro atoms. The molecule has 5 heteroatoms. The lowest BCUT2D eigenvalue weighted by atomic mass is 10.3. The van der Waals surface area contributed by atoms with Crippen LogP contribution in [0.3, 0.4) is 0 Å². The highest BCUT2D eigenvalue weighted by Gasteiger charge is 2.09. The maximum Gasteiger partial charge on any atom is 0.142 e. The number of nitrogens with one attached hydrogen (secondary N) is 1. The van der Waals surface area contributed by atoms with Gasteiger partial charge in [-0.1, -0.05) is 18.5 Å². The molecule has 2 rings (SSSR count). The zero-order valence-corrected chi connectivity index (χ0v) is 11.4. The smallest absolute Gasteiger partial charge is 0.142 e. The number of nitrogens with zero attached hydrogens (tertiary/aromatic N) is 2. The predicted octanol–water partition coefficient (Wildman–Crippen LogP) is 3.28. The van der Waals surface area contributed by atoms with Gasteiger partial charge in [-0.05, 0) is 25.6 Å². The first kappa shape index (κ1) is 12.5. The zero-order valence-electron chi connectivity index (χ0n) is 9.83. The predicted molar refractivity (Wildman–Crippen MR) is 72.5 cm³/mol. The molecule has 0 fully saturated rings. The number of hydrogen-bond acceptors (Lipinski definition) is 4. The first-order valence-electron chi connectivity index (χ1n) is 5.49. The lowest BCUT2D eigenvalue weighted by Crippen LogP contribution is -2.11. The van der Waals surface area contributed by atoms with Gasteiger partial charge in [0.15, 0.2) is 0 Å². The molecule has 0 saturated carbocycles. The number of aryl methyl sites for hydroxylation is 1. The van der Waals surface area contributed by atoms with E-state index in [9.17, 15) is 0 Å². The summed E-state index contributed by atoms with van der Waals surface area (Å²) in [6, 6.07) is 3.74. The van der Waals surface area contributed by atoms with Gasteiger partial charge >= 0.3 is 0 Å². The van der Waals surface area contributed by atoms with Crippen LogP contribution >= 0.6 is 22.9 Å². The maximum atomic E-state index is 5.81. The van der Waals surface area contributed by atoms with Crippen LogP contribution in [0.5, 0.6) is 0 Å². The molecule has 0 radical (unpaired) electrons. The van der Waals surface area contributed by atoms with Crippen molar-refractivity contribution in [3.8, 4) is 10.7 Å². The Morgan fingerprint density at radius 2 is 2.24 bits per heavy atom. The van der Waals surface area contributed by atoms with Gasteiger partial charge in [0, 0.05) is 17.6 Å². The molecule has 3 nitrogen and oxygen atoms in total. The minimum Gasteiger partial charge on any atom is -0.312 e. The minimum atomic E-state index is 0.648. The Bertz CT molecular complexity index is 493. The first-order valence-corrected chi connectivity index (χ1v) is 6.69. The van der Waals surface area contributed by atoms with E-state index in [-0.39, 0.29) is 0 Å². The number of aromatic nitrogens is 2. The summed E-state index contributed by atoms with van der Waals surface area (Å²) in [5.74, 6) is 0. The molecule has 0 aliphatic rings. The van der Waals surface area contributed by atoms with Crippen molar-refractivity contribution in [3.63, 3.8) is 0 Å². The van der Waals surface area contributed by atoms with Crippen molar-refractivity contribution in [1.82, 2.24) is 15.3 Å². The summed E-state index contributed by atoms with van der Waals surface area (Å²) in [6.45, 7) is 5.96. The third-order valence-electron chi connectivity index (χ3n) is 2.37. The Balaban J connectivity index is 2.24. The number of halogens is 1. The van der Waals surface area contributed by atoms with Crippen molar-refractivity contribution < 1.29 is 0 Å². The van der Waals surface area contributed by atoms with Crippen molar-refractivity contribution >= 4 is 22.9 Å². The second kappa shape index (κ2) is 5.58. The lowest BCUT2D eigenvalue weighted by Gasteiger charge is -1.97. The second-order valence-electron chi connectivity index (χ2n) is 3.67. The summed E-state index contributed by atoms with van der Waals surface area (Å²) in [5.41, 5.74) is 1.95. The van der Waals surface area contributed by atoms with Crippen LogP contribution in [0.25, 0.3) is 10.7 Å². The summed E-state index contributed by atoms with van der Waals surface area (Å²) >= 11 is 7.49. The molecule has 0 bridgehead atoms. The molecule has 0 atom stereocenters. The highest BCUT2D eigenvalue weighted by molar-refractivity contribution is 7.15. The third-order valence-corrected chi connectivity index (χ3v) is 3.78. The number of thiazole rings is 1. The Kier molecular flexibility index (Phi) is 4.10. The second-order valence-corrected chi connectivity index (χ2v) is 5.19. The van der Waals surface area contributed by atoms with E-state index in [1.54, 1.807) is 17.5 Å². The monoisotopic (exact) mass is 267 g/mol. The Hall–Kier alpha value is -0.970. The largest absolute Gasteiger partial charge is 0.312 e. The summed E-state index contributed by atoms with van der Waals surface area (Å²) in [6.07, 6.45) is 1.65. The van der Waals surface area contributed by atoms with Crippen LogP contribution in [0.4, 0.5) is 0 Å². The molecular formula is C12H14ClN3S. The van der Waals surface area contributed by atoms with E-state index in [2.05, 4.69) is 22.2 Å². The first-order chi connectivity index (χ1) is 8.20. The summed E-state index contributed by atoms with van der Waals surface area (Å²) < 4.78 is 0. The number of rotatable bonds is 4. The van der Waals surface area contributed by atoms with Gasteiger partial charge in [-0.25, -0.2) is 4.98 Å². The fourth-order valence-electron chi connectivity index (χ4n) is 1.44. The quantitative estimate of drug-likeness (QED) is 0.924. The van der Waals surface area contributed by atoms with Crippen LogP contribution < -0.4 is 5.32 Å². The molecule has 17 heavy (non-hydrogen) atoms. The summed E-state index contributed by atoms with van der Waals surface area (Å²) in [7, 11) is 0. The normalized spacial score (nSPS) is 10.8. The minimum absolute atomic E-state index is 0.648. The fourth-order valence-corrected chi connectivity index (χ4v) is 2.56. The van der Waals surface area contributed by atoms with Crippen LogP contribution in [0.1, 0.15) is 17.5 Å². The van der Waals surface area contributed by atoms with Crippen molar-refractivity contribution in [1.29, 1.82) is 0 Å². The van der Waals surface area contributed by atoms with Gasteiger partial charge in [0.1, 0.15) is 5.01 Å². The summed E-state index contributed by atoms with van der Waals surface area (Å²) in [5, 5.41) is 4.91. The van der Waals surface area contributed by atoms with E-state index in [0.717, 1.165) is 29.5 Å². The van der Waals surface area contributed by atoms with Crippen LogP contribution in [0, 0.1) is 6.92 Å². The maximum absolute atomic E-state index is 5.81. The molecular weight excluding hydrogens is 254 g/mol. The SMILES string of the molecule is CCNCc1sc(-c2ccc(Cl)cn2)nc1C. The van der Waals surface area contributed by atoms with Gasteiger partial charge in [0.05, 0.1) is 16.4 Å². The lowest BCUT2D eigenvalue weighted by molar-refractivity contribution is 0.731. The van der Waals surface area contributed by atoms with Crippen molar-refractivity contribution in [3.05, 3.63) is 33.9 Å². The van der Waals surface area contributed by atoms with Crippen LogP contribution in [0.2, 0.25) is 5.02 Å². The fraction of sp³-hybridized carbons (Fsp3) is 0.333. The molecule has 0 amide bonds. The molecule has 0 aliphatic carbocycles. The van der Waals surface area contributed by atoms with E-state index in [1.165, 1.54) is 4.88 Å². The Morgan fingerprint density at radius 1 is 1.41 bits per heavy atom. The molecule has 1 N–H and O–H groups in total. The van der Waals surface area contributed by atoms with E-state index in [0.29, 0.717) is 5.02 Å². The van der Waals surface area contributed by atoms with Crippen molar-refractivity contribution in [2.24, 2.45) is 0 Å². The van der Waals surface area contributed by atoms with Gasteiger partial charge in [0.25, 0.3) is 0 Å². The Morgan fingerprint density at radius 3 is 2.88 bits per heavy atom. The van der Waals surface area contributed by atoms with Gasteiger partial charge in [-0.15, -0.1) is 11.3 Å². The summed E-state index contributed by atoms with van der Waals surface area (Å²) in [4.78, 5) is 10.1. The van der Waals surface area contributed by atoms with Crippen LogP contribution in [-0.4, -0.2) is 16.5 Å². The van der Waals surface area contributed by atoms with Gasteiger partial charge < -0.3 is 5.32 Å².